The van der Waals surface area contributed by atoms with Gasteiger partial charge in [0.15, 0.2) is 11.7 Å². The summed E-state index contributed by atoms with van der Waals surface area (Å²) in [7, 11) is 0. The minimum atomic E-state index is -0.553. The fourth-order valence-electron chi connectivity index (χ4n) is 1.83. The first-order valence-corrected chi connectivity index (χ1v) is 6.20. The van der Waals surface area contributed by atoms with Crippen molar-refractivity contribution in [3.8, 4) is 0 Å². The molecule has 2 aromatic heterocycles. The van der Waals surface area contributed by atoms with E-state index in [1.54, 1.807) is 31.5 Å². The Hall–Kier alpha value is -2.69. The number of carbonyl (C=O) groups is 1. The maximum atomic E-state index is 11.9. The van der Waals surface area contributed by atoms with Crippen LogP contribution in [0.1, 0.15) is 29.3 Å². The van der Waals surface area contributed by atoms with Gasteiger partial charge in [-0.15, -0.1) is 0 Å². The molecule has 0 aliphatic heterocycles. The van der Waals surface area contributed by atoms with Crippen molar-refractivity contribution in [3.63, 3.8) is 0 Å². The second-order valence-corrected chi connectivity index (χ2v) is 4.30. The van der Waals surface area contributed by atoms with E-state index in [0.29, 0.717) is 17.0 Å². The van der Waals surface area contributed by atoms with E-state index < -0.39 is 12.1 Å². The first-order chi connectivity index (χ1) is 9.74. The van der Waals surface area contributed by atoms with Gasteiger partial charge in [-0.1, -0.05) is 12.1 Å². The largest absolute Gasteiger partial charge is 0.449 e. The third kappa shape index (κ3) is 2.38. The van der Waals surface area contributed by atoms with E-state index >= 15 is 0 Å². The summed E-state index contributed by atoms with van der Waals surface area (Å²) in [5.41, 5.74) is 1.87. The van der Waals surface area contributed by atoms with Crippen LogP contribution in [0.25, 0.3) is 11.1 Å². The monoisotopic (exact) mass is 268 g/mol. The van der Waals surface area contributed by atoms with Gasteiger partial charge in [0.05, 0.1) is 5.56 Å². The molecule has 0 spiro atoms. The number of nitrogens with zero attached hydrogens (tertiary/aromatic N) is 2. The summed E-state index contributed by atoms with van der Waals surface area (Å²) in [6.45, 7) is 1.73. The molecule has 0 bridgehead atoms. The maximum Gasteiger partial charge on any atom is 0.339 e. The molecule has 0 aliphatic rings. The highest BCUT2D eigenvalue weighted by atomic mass is 16.6. The van der Waals surface area contributed by atoms with Gasteiger partial charge < -0.3 is 9.15 Å². The van der Waals surface area contributed by atoms with Gasteiger partial charge >= 0.3 is 5.97 Å². The van der Waals surface area contributed by atoms with Gasteiger partial charge in [-0.25, -0.2) is 9.78 Å². The van der Waals surface area contributed by atoms with Crippen molar-refractivity contribution >= 4 is 17.1 Å². The number of aromatic nitrogens is 2. The van der Waals surface area contributed by atoms with Crippen LogP contribution in [0.2, 0.25) is 0 Å². The fraction of sp³-hybridized carbons (Fsp3) is 0.133. The van der Waals surface area contributed by atoms with Crippen LogP contribution in [0.15, 0.2) is 53.2 Å². The highest BCUT2D eigenvalue weighted by molar-refractivity contribution is 5.89. The van der Waals surface area contributed by atoms with Gasteiger partial charge in [0.2, 0.25) is 5.89 Å². The van der Waals surface area contributed by atoms with Gasteiger partial charge in [-0.05, 0) is 31.2 Å². The third-order valence-electron chi connectivity index (χ3n) is 2.86. The van der Waals surface area contributed by atoms with Crippen molar-refractivity contribution in [2.45, 2.75) is 13.0 Å². The molecule has 3 aromatic rings. The number of para-hydroxylation sites is 2. The molecule has 3 rings (SSSR count). The number of pyridine rings is 1. The zero-order chi connectivity index (χ0) is 13.9. The van der Waals surface area contributed by atoms with Crippen LogP contribution >= 0.6 is 0 Å². The Labute approximate surface area is 115 Å². The lowest BCUT2D eigenvalue weighted by molar-refractivity contribution is 0.0282. The number of hydrogen-bond acceptors (Lipinski definition) is 5. The number of benzene rings is 1. The first-order valence-electron chi connectivity index (χ1n) is 6.20. The van der Waals surface area contributed by atoms with Crippen LogP contribution in [-0.4, -0.2) is 15.9 Å². The van der Waals surface area contributed by atoms with E-state index in [-0.39, 0.29) is 0 Å². The molecule has 0 saturated heterocycles. The van der Waals surface area contributed by atoms with Crippen molar-refractivity contribution in [2.24, 2.45) is 0 Å². The average Bonchev–Trinajstić information content (AvgIpc) is 2.92. The number of hydrogen-bond donors (Lipinski definition) is 0. The standard InChI is InChI=1S/C15H12N2O3/c1-10(19-15(18)11-6-8-16-9-7-11)14-17-12-4-2-3-5-13(12)20-14/h2-10H,1H3. The molecule has 100 valence electrons. The maximum absolute atomic E-state index is 11.9. The Morgan fingerprint density at radius 2 is 1.95 bits per heavy atom. The lowest BCUT2D eigenvalue weighted by atomic mass is 10.3. The lowest BCUT2D eigenvalue weighted by Gasteiger charge is -2.09. The predicted molar refractivity (Wildman–Crippen MR) is 72.1 cm³/mol. The molecule has 1 unspecified atom stereocenters. The zero-order valence-corrected chi connectivity index (χ0v) is 10.8. The van der Waals surface area contributed by atoms with Crippen LogP contribution in [0, 0.1) is 0 Å². The molecule has 1 aromatic carbocycles. The van der Waals surface area contributed by atoms with Crippen LogP contribution in [0.5, 0.6) is 0 Å². The smallest absolute Gasteiger partial charge is 0.339 e. The Morgan fingerprint density at radius 3 is 2.70 bits per heavy atom. The van der Waals surface area contributed by atoms with E-state index in [4.69, 9.17) is 9.15 Å². The van der Waals surface area contributed by atoms with Crippen molar-refractivity contribution in [1.29, 1.82) is 0 Å². The van der Waals surface area contributed by atoms with Crippen LogP contribution in [-0.2, 0) is 4.74 Å². The molecule has 0 radical (unpaired) electrons. The highest BCUT2D eigenvalue weighted by Gasteiger charge is 2.18. The molecule has 0 fully saturated rings. The third-order valence-corrected chi connectivity index (χ3v) is 2.86. The second-order valence-electron chi connectivity index (χ2n) is 4.30. The van der Waals surface area contributed by atoms with Crippen LogP contribution < -0.4 is 0 Å². The van der Waals surface area contributed by atoms with Gasteiger partial charge in [0.1, 0.15) is 5.52 Å². The molecule has 0 amide bonds. The predicted octanol–water partition coefficient (Wildman–Crippen LogP) is 3.14. The summed E-state index contributed by atoms with van der Waals surface area (Å²) in [6.07, 6.45) is 2.53. The van der Waals surface area contributed by atoms with Gasteiger partial charge in [-0.2, -0.15) is 0 Å². The van der Waals surface area contributed by atoms with Crippen molar-refractivity contribution in [3.05, 3.63) is 60.2 Å². The number of oxazole rings is 1. The molecule has 1 atom stereocenters. The number of fused-ring (bicyclic) bond motifs is 1. The number of carbonyl (C=O) groups excluding carboxylic acids is 1. The molecule has 2 heterocycles. The number of rotatable bonds is 3. The Bertz CT molecular complexity index is 704. The van der Waals surface area contributed by atoms with Crippen LogP contribution in [0.4, 0.5) is 0 Å². The second kappa shape index (κ2) is 5.13. The summed E-state index contributed by atoms with van der Waals surface area (Å²) in [5.74, 6) is -0.0456. The average molecular weight is 268 g/mol. The zero-order valence-electron chi connectivity index (χ0n) is 10.8. The number of esters is 1. The topological polar surface area (TPSA) is 65.2 Å². The summed E-state index contributed by atoms with van der Waals surface area (Å²) >= 11 is 0. The van der Waals surface area contributed by atoms with E-state index in [0.717, 1.165) is 5.52 Å². The quantitative estimate of drug-likeness (QED) is 0.683. The Morgan fingerprint density at radius 1 is 1.20 bits per heavy atom. The van der Waals surface area contributed by atoms with Gasteiger partial charge in [-0.3, -0.25) is 4.98 Å². The highest BCUT2D eigenvalue weighted by Crippen LogP contribution is 2.22. The van der Waals surface area contributed by atoms with Gasteiger partial charge in [0.25, 0.3) is 0 Å². The van der Waals surface area contributed by atoms with E-state index in [1.807, 2.05) is 24.3 Å². The molecular weight excluding hydrogens is 256 g/mol. The molecule has 20 heavy (non-hydrogen) atoms. The van der Waals surface area contributed by atoms with E-state index in [1.165, 1.54) is 0 Å². The van der Waals surface area contributed by atoms with E-state index in [9.17, 15) is 4.79 Å². The van der Waals surface area contributed by atoms with Crippen molar-refractivity contribution in [1.82, 2.24) is 9.97 Å². The number of ether oxygens (including phenoxy) is 1. The lowest BCUT2D eigenvalue weighted by Crippen LogP contribution is -2.09. The SMILES string of the molecule is CC(OC(=O)c1ccncc1)c1nc2ccccc2o1. The molecule has 0 aliphatic carbocycles. The Kier molecular flexibility index (Phi) is 3.16. The van der Waals surface area contributed by atoms with Crippen molar-refractivity contribution in [2.75, 3.05) is 0 Å². The fourth-order valence-corrected chi connectivity index (χ4v) is 1.83. The minimum absolute atomic E-state index is 0.383. The van der Waals surface area contributed by atoms with Gasteiger partial charge in [0, 0.05) is 12.4 Å². The first kappa shape index (κ1) is 12.3. The molecule has 5 nitrogen and oxygen atoms in total. The summed E-state index contributed by atoms with van der Waals surface area (Å²) in [4.78, 5) is 20.1. The molecule has 5 heteroatoms. The summed E-state index contributed by atoms with van der Waals surface area (Å²) in [5, 5.41) is 0. The summed E-state index contributed by atoms with van der Waals surface area (Å²) < 4.78 is 10.9. The van der Waals surface area contributed by atoms with E-state index in [2.05, 4.69) is 9.97 Å². The molecular formula is C15H12N2O3. The minimum Gasteiger partial charge on any atom is -0.449 e. The normalized spacial score (nSPS) is 12.2. The molecule has 0 N–H and O–H groups in total. The van der Waals surface area contributed by atoms with Crippen molar-refractivity contribution < 1.29 is 13.9 Å². The summed E-state index contributed by atoms with van der Waals surface area (Å²) in [6, 6.07) is 10.6. The molecule has 0 saturated carbocycles. The van der Waals surface area contributed by atoms with Crippen LogP contribution in [0.3, 0.4) is 0 Å². The Balaban J connectivity index is 1.79.